The average molecular weight is 283 g/mol. The van der Waals surface area contributed by atoms with E-state index in [1.54, 1.807) is 0 Å². The maximum Gasteiger partial charge on any atom is 0.250 e. The number of nitrogens with one attached hydrogen (secondary N) is 1. The highest BCUT2D eigenvalue weighted by Gasteiger charge is 2.12. The van der Waals surface area contributed by atoms with E-state index in [2.05, 4.69) is 17.4 Å². The minimum absolute atomic E-state index is 0.0595. The fourth-order valence-corrected chi connectivity index (χ4v) is 1.86. The van der Waals surface area contributed by atoms with Crippen molar-refractivity contribution in [3.05, 3.63) is 54.6 Å². The van der Waals surface area contributed by atoms with Crippen LogP contribution in [0.1, 0.15) is 20.8 Å². The maximum absolute atomic E-state index is 11.8. The second-order valence-electron chi connectivity index (χ2n) is 5.89. The maximum atomic E-state index is 11.8. The number of anilines is 1. The van der Waals surface area contributed by atoms with E-state index in [4.69, 9.17) is 4.74 Å². The van der Waals surface area contributed by atoms with Crippen LogP contribution in [0.3, 0.4) is 0 Å². The highest BCUT2D eigenvalue weighted by molar-refractivity contribution is 5.92. The van der Waals surface area contributed by atoms with Gasteiger partial charge in [-0.05, 0) is 44.0 Å². The molecule has 0 bridgehead atoms. The summed E-state index contributed by atoms with van der Waals surface area (Å²) in [6.45, 7) is 5.84. The number of hydrogen-bond donors (Lipinski definition) is 1. The van der Waals surface area contributed by atoms with Crippen molar-refractivity contribution >= 4 is 11.6 Å². The zero-order valence-corrected chi connectivity index (χ0v) is 12.7. The molecule has 0 radical (unpaired) electrons. The summed E-state index contributed by atoms with van der Waals surface area (Å²) in [5, 5.41) is 2.83. The molecule has 0 heterocycles. The molecule has 2 aromatic rings. The first-order chi connectivity index (χ1) is 9.94. The highest BCUT2D eigenvalue weighted by Crippen LogP contribution is 2.21. The largest absolute Gasteiger partial charge is 0.366 e. The summed E-state index contributed by atoms with van der Waals surface area (Å²) in [5.41, 5.74) is 2.75. The van der Waals surface area contributed by atoms with Crippen molar-refractivity contribution in [2.24, 2.45) is 0 Å². The van der Waals surface area contributed by atoms with Gasteiger partial charge in [0.05, 0.1) is 5.60 Å². The monoisotopic (exact) mass is 283 g/mol. The summed E-state index contributed by atoms with van der Waals surface area (Å²) in [6.07, 6.45) is 0. The lowest BCUT2D eigenvalue weighted by atomic mass is 10.1. The summed E-state index contributed by atoms with van der Waals surface area (Å²) >= 11 is 0. The van der Waals surface area contributed by atoms with Gasteiger partial charge in [0.25, 0.3) is 0 Å². The third-order valence-corrected chi connectivity index (χ3v) is 2.91. The number of carbonyl (C=O) groups excluding carboxylic acids is 1. The Labute approximate surface area is 126 Å². The molecule has 2 rings (SSSR count). The predicted octanol–water partition coefficient (Wildman–Crippen LogP) is 4.11. The molecule has 3 heteroatoms. The second-order valence-corrected chi connectivity index (χ2v) is 5.89. The van der Waals surface area contributed by atoms with Gasteiger partial charge in [-0.2, -0.15) is 0 Å². The van der Waals surface area contributed by atoms with Crippen LogP contribution in [0.15, 0.2) is 54.6 Å². The molecule has 0 aromatic heterocycles. The Morgan fingerprint density at radius 1 is 0.952 bits per heavy atom. The van der Waals surface area contributed by atoms with Gasteiger partial charge < -0.3 is 10.1 Å². The summed E-state index contributed by atoms with van der Waals surface area (Å²) in [5.74, 6) is -0.141. The first-order valence-corrected chi connectivity index (χ1v) is 7.03. The third-order valence-electron chi connectivity index (χ3n) is 2.91. The smallest absolute Gasteiger partial charge is 0.250 e. The van der Waals surface area contributed by atoms with Crippen LogP contribution in [-0.4, -0.2) is 18.1 Å². The Hall–Kier alpha value is -2.13. The number of amides is 1. The van der Waals surface area contributed by atoms with Crippen LogP contribution in [0.4, 0.5) is 5.69 Å². The number of carbonyl (C=O) groups is 1. The standard InChI is InChI=1S/C18H21NO2/c1-18(2,3)21-13-17(20)19-16-11-9-15(10-12-16)14-7-5-4-6-8-14/h4-12H,13H2,1-3H3,(H,19,20). The van der Waals surface area contributed by atoms with Crippen molar-refractivity contribution in [3.8, 4) is 11.1 Å². The van der Waals surface area contributed by atoms with E-state index in [-0.39, 0.29) is 18.1 Å². The van der Waals surface area contributed by atoms with Crippen LogP contribution in [0.2, 0.25) is 0 Å². The Balaban J connectivity index is 1.95. The normalized spacial score (nSPS) is 11.2. The van der Waals surface area contributed by atoms with Crippen LogP contribution < -0.4 is 5.32 Å². The Morgan fingerprint density at radius 2 is 1.52 bits per heavy atom. The van der Waals surface area contributed by atoms with Crippen molar-refractivity contribution in [1.29, 1.82) is 0 Å². The summed E-state index contributed by atoms with van der Waals surface area (Å²) < 4.78 is 5.44. The van der Waals surface area contributed by atoms with Crippen LogP contribution in [0, 0.1) is 0 Å². The van der Waals surface area contributed by atoms with Gasteiger partial charge in [-0.3, -0.25) is 4.79 Å². The first kappa shape index (κ1) is 15.3. The molecule has 0 unspecified atom stereocenters. The van der Waals surface area contributed by atoms with Crippen molar-refractivity contribution < 1.29 is 9.53 Å². The molecule has 2 aromatic carbocycles. The summed E-state index contributed by atoms with van der Waals surface area (Å²) in [6, 6.07) is 17.9. The number of ether oxygens (including phenoxy) is 1. The lowest BCUT2D eigenvalue weighted by molar-refractivity contribution is -0.125. The molecule has 110 valence electrons. The van der Waals surface area contributed by atoms with E-state index < -0.39 is 0 Å². The molecule has 1 N–H and O–H groups in total. The Kier molecular flexibility index (Phi) is 4.76. The van der Waals surface area contributed by atoms with E-state index in [1.165, 1.54) is 0 Å². The van der Waals surface area contributed by atoms with E-state index in [0.717, 1.165) is 16.8 Å². The fourth-order valence-electron chi connectivity index (χ4n) is 1.86. The van der Waals surface area contributed by atoms with Crippen molar-refractivity contribution in [3.63, 3.8) is 0 Å². The predicted molar refractivity (Wildman–Crippen MR) is 86.2 cm³/mol. The molecular weight excluding hydrogens is 262 g/mol. The van der Waals surface area contributed by atoms with Gasteiger partial charge >= 0.3 is 0 Å². The lowest BCUT2D eigenvalue weighted by Gasteiger charge is -2.19. The van der Waals surface area contributed by atoms with Gasteiger partial charge in [0.2, 0.25) is 5.91 Å². The first-order valence-electron chi connectivity index (χ1n) is 7.03. The zero-order chi connectivity index (χ0) is 15.3. The molecule has 0 aliphatic rings. The van der Waals surface area contributed by atoms with Crippen molar-refractivity contribution in [1.82, 2.24) is 0 Å². The van der Waals surface area contributed by atoms with E-state index in [9.17, 15) is 4.79 Å². The molecule has 21 heavy (non-hydrogen) atoms. The molecule has 0 aliphatic carbocycles. The molecular formula is C18H21NO2. The van der Waals surface area contributed by atoms with E-state index >= 15 is 0 Å². The van der Waals surface area contributed by atoms with Crippen molar-refractivity contribution in [2.45, 2.75) is 26.4 Å². The zero-order valence-electron chi connectivity index (χ0n) is 12.7. The number of hydrogen-bond acceptors (Lipinski definition) is 2. The van der Waals surface area contributed by atoms with Crippen LogP contribution >= 0.6 is 0 Å². The molecule has 0 saturated carbocycles. The van der Waals surface area contributed by atoms with Crippen LogP contribution in [-0.2, 0) is 9.53 Å². The topological polar surface area (TPSA) is 38.3 Å². The molecule has 1 amide bonds. The average Bonchev–Trinajstić information content (AvgIpc) is 2.46. The van der Waals surface area contributed by atoms with Gasteiger partial charge in [-0.25, -0.2) is 0 Å². The molecule has 0 aliphatic heterocycles. The third kappa shape index (κ3) is 5.04. The minimum atomic E-state index is -0.311. The van der Waals surface area contributed by atoms with Gasteiger partial charge in [0, 0.05) is 5.69 Å². The van der Waals surface area contributed by atoms with Gasteiger partial charge in [0.1, 0.15) is 6.61 Å². The number of benzene rings is 2. The molecule has 0 fully saturated rings. The minimum Gasteiger partial charge on any atom is -0.366 e. The fraction of sp³-hybridized carbons (Fsp3) is 0.278. The van der Waals surface area contributed by atoms with E-state index in [1.807, 2.05) is 63.2 Å². The Morgan fingerprint density at radius 3 is 2.10 bits per heavy atom. The molecule has 0 atom stereocenters. The Bertz CT molecular complexity index is 583. The highest BCUT2D eigenvalue weighted by atomic mass is 16.5. The summed E-state index contributed by atoms with van der Waals surface area (Å²) in [7, 11) is 0. The van der Waals surface area contributed by atoms with Gasteiger partial charge in [0.15, 0.2) is 0 Å². The summed E-state index contributed by atoms with van der Waals surface area (Å²) in [4.78, 5) is 11.8. The lowest BCUT2D eigenvalue weighted by Crippen LogP contribution is -2.27. The molecule has 0 saturated heterocycles. The van der Waals surface area contributed by atoms with Gasteiger partial charge in [-0.1, -0.05) is 42.5 Å². The van der Waals surface area contributed by atoms with Crippen molar-refractivity contribution in [2.75, 3.05) is 11.9 Å². The SMILES string of the molecule is CC(C)(C)OCC(=O)Nc1ccc(-c2ccccc2)cc1. The van der Waals surface area contributed by atoms with Crippen LogP contribution in [0.5, 0.6) is 0 Å². The van der Waals surface area contributed by atoms with Crippen LogP contribution in [0.25, 0.3) is 11.1 Å². The molecule has 0 spiro atoms. The molecule has 3 nitrogen and oxygen atoms in total. The van der Waals surface area contributed by atoms with Gasteiger partial charge in [-0.15, -0.1) is 0 Å². The second kappa shape index (κ2) is 6.55. The van der Waals surface area contributed by atoms with E-state index in [0.29, 0.717) is 0 Å². The number of rotatable bonds is 4. The quantitative estimate of drug-likeness (QED) is 0.917.